The highest BCUT2D eigenvalue weighted by Crippen LogP contribution is 2.23. The molecule has 5 heteroatoms. The van der Waals surface area contributed by atoms with Crippen LogP contribution in [0.2, 0.25) is 0 Å². The Hall–Kier alpha value is -2.40. The SMILES string of the molecule is C[C@H](Cc1cccnc1)N1CCC(Oc2cccc(C(=O)N3CCCC3)c2)CC1. The molecule has 1 amide bonds. The molecule has 0 unspecified atom stereocenters. The van der Waals surface area contributed by atoms with Gasteiger partial charge in [-0.15, -0.1) is 0 Å². The predicted molar refractivity (Wildman–Crippen MR) is 114 cm³/mol. The molecule has 0 aliphatic carbocycles. The van der Waals surface area contributed by atoms with Crippen LogP contribution in [0.4, 0.5) is 0 Å². The van der Waals surface area contributed by atoms with E-state index in [1.165, 1.54) is 5.56 Å². The molecule has 5 nitrogen and oxygen atoms in total. The molecule has 1 aromatic carbocycles. The van der Waals surface area contributed by atoms with E-state index in [-0.39, 0.29) is 12.0 Å². The zero-order valence-electron chi connectivity index (χ0n) is 17.3. The van der Waals surface area contributed by atoms with Crippen LogP contribution in [0, 0.1) is 0 Å². The van der Waals surface area contributed by atoms with Gasteiger partial charge in [-0.1, -0.05) is 12.1 Å². The second-order valence-electron chi connectivity index (χ2n) is 8.29. The average Bonchev–Trinajstić information content (AvgIpc) is 3.29. The Kier molecular flexibility index (Phi) is 6.45. The van der Waals surface area contributed by atoms with E-state index in [1.807, 2.05) is 47.6 Å². The lowest BCUT2D eigenvalue weighted by atomic mass is 10.0. The normalized spacial score (nSPS) is 19.3. The molecule has 0 saturated carbocycles. The van der Waals surface area contributed by atoms with Crippen molar-refractivity contribution in [1.82, 2.24) is 14.8 Å². The summed E-state index contributed by atoms with van der Waals surface area (Å²) in [7, 11) is 0. The molecular formula is C24H31N3O2. The fraction of sp³-hybridized carbons (Fsp3) is 0.500. The lowest BCUT2D eigenvalue weighted by Crippen LogP contribution is -2.43. The van der Waals surface area contributed by atoms with Crippen molar-refractivity contribution in [3.8, 4) is 5.75 Å². The Labute approximate surface area is 173 Å². The first-order valence-electron chi connectivity index (χ1n) is 10.9. The maximum absolute atomic E-state index is 12.6. The van der Waals surface area contributed by atoms with Crippen molar-refractivity contribution in [1.29, 1.82) is 0 Å². The first-order chi connectivity index (χ1) is 14.2. The number of carbonyl (C=O) groups excluding carboxylic acids is 1. The number of hydrogen-bond donors (Lipinski definition) is 0. The Morgan fingerprint density at radius 2 is 1.93 bits per heavy atom. The standard InChI is InChI=1S/C24H31N3O2/c1-19(16-20-6-5-11-25-18-20)26-14-9-22(10-15-26)29-23-8-4-7-21(17-23)24(28)27-12-2-3-13-27/h4-8,11,17-19,22H,2-3,9-10,12-16H2,1H3/t19-/m1/s1. The van der Waals surface area contributed by atoms with Crippen LogP contribution in [0.15, 0.2) is 48.8 Å². The van der Waals surface area contributed by atoms with Crippen molar-refractivity contribution in [3.63, 3.8) is 0 Å². The quantitative estimate of drug-likeness (QED) is 0.749. The van der Waals surface area contributed by atoms with Gasteiger partial charge in [-0.05, 0) is 68.9 Å². The van der Waals surface area contributed by atoms with E-state index in [9.17, 15) is 4.79 Å². The summed E-state index contributed by atoms with van der Waals surface area (Å²) in [4.78, 5) is 21.3. The van der Waals surface area contributed by atoms with Crippen LogP contribution in [0.3, 0.4) is 0 Å². The number of piperidine rings is 1. The molecule has 4 rings (SSSR count). The van der Waals surface area contributed by atoms with Gasteiger partial charge in [0.15, 0.2) is 0 Å². The molecule has 0 spiro atoms. The van der Waals surface area contributed by atoms with Crippen LogP contribution >= 0.6 is 0 Å². The van der Waals surface area contributed by atoms with Crippen molar-refractivity contribution in [2.75, 3.05) is 26.2 Å². The molecule has 29 heavy (non-hydrogen) atoms. The van der Waals surface area contributed by atoms with Gasteiger partial charge in [0.05, 0.1) is 0 Å². The molecule has 0 bridgehead atoms. The maximum atomic E-state index is 12.6. The molecular weight excluding hydrogens is 362 g/mol. The summed E-state index contributed by atoms with van der Waals surface area (Å²) < 4.78 is 6.25. The molecule has 1 atom stereocenters. The number of amides is 1. The van der Waals surface area contributed by atoms with Crippen molar-refractivity contribution in [2.24, 2.45) is 0 Å². The van der Waals surface area contributed by atoms with Gasteiger partial charge in [0, 0.05) is 50.2 Å². The van der Waals surface area contributed by atoms with Crippen molar-refractivity contribution >= 4 is 5.91 Å². The highest BCUT2D eigenvalue weighted by atomic mass is 16.5. The van der Waals surface area contributed by atoms with Crippen LogP contribution in [0.25, 0.3) is 0 Å². The summed E-state index contributed by atoms with van der Waals surface area (Å²) in [6, 6.07) is 12.4. The lowest BCUT2D eigenvalue weighted by molar-refractivity contribution is 0.0772. The Morgan fingerprint density at radius 3 is 2.66 bits per heavy atom. The second kappa shape index (κ2) is 9.40. The third-order valence-electron chi connectivity index (χ3n) is 6.13. The fourth-order valence-electron chi connectivity index (χ4n) is 4.42. The predicted octanol–water partition coefficient (Wildman–Crippen LogP) is 3.79. The topological polar surface area (TPSA) is 45.7 Å². The maximum Gasteiger partial charge on any atom is 0.253 e. The molecule has 154 valence electrons. The van der Waals surface area contributed by atoms with Gasteiger partial charge in [-0.2, -0.15) is 0 Å². The number of ether oxygens (including phenoxy) is 1. The van der Waals surface area contributed by atoms with Crippen LogP contribution in [-0.2, 0) is 6.42 Å². The molecule has 2 aromatic rings. The first-order valence-corrected chi connectivity index (χ1v) is 10.9. The molecule has 3 heterocycles. The van der Waals surface area contributed by atoms with Gasteiger partial charge in [0.1, 0.15) is 11.9 Å². The van der Waals surface area contributed by atoms with Crippen LogP contribution in [0.1, 0.15) is 48.5 Å². The fourth-order valence-corrected chi connectivity index (χ4v) is 4.42. The number of pyridine rings is 1. The van der Waals surface area contributed by atoms with Crippen molar-refractivity contribution in [3.05, 3.63) is 59.9 Å². The van der Waals surface area contributed by atoms with E-state index in [0.29, 0.717) is 6.04 Å². The average molecular weight is 394 g/mol. The van der Waals surface area contributed by atoms with E-state index in [2.05, 4.69) is 22.9 Å². The summed E-state index contributed by atoms with van der Waals surface area (Å²) in [6.45, 7) is 6.12. The van der Waals surface area contributed by atoms with Crippen molar-refractivity contribution < 1.29 is 9.53 Å². The Morgan fingerprint density at radius 1 is 1.14 bits per heavy atom. The number of carbonyl (C=O) groups is 1. The summed E-state index contributed by atoms with van der Waals surface area (Å²) in [5.41, 5.74) is 2.03. The van der Waals surface area contributed by atoms with Gasteiger partial charge in [0.2, 0.25) is 0 Å². The number of likely N-dealkylation sites (tertiary alicyclic amines) is 2. The van der Waals surface area contributed by atoms with Gasteiger partial charge in [-0.3, -0.25) is 9.78 Å². The number of aromatic nitrogens is 1. The van der Waals surface area contributed by atoms with Gasteiger partial charge >= 0.3 is 0 Å². The molecule has 1 aromatic heterocycles. The van der Waals surface area contributed by atoms with Crippen LogP contribution < -0.4 is 4.74 Å². The van der Waals surface area contributed by atoms with E-state index < -0.39 is 0 Å². The minimum atomic E-state index is 0.131. The van der Waals surface area contributed by atoms with Gasteiger partial charge in [-0.25, -0.2) is 0 Å². The number of benzene rings is 1. The summed E-state index contributed by atoms with van der Waals surface area (Å²) in [5, 5.41) is 0. The van der Waals surface area contributed by atoms with Gasteiger partial charge < -0.3 is 14.5 Å². The van der Waals surface area contributed by atoms with Crippen LogP contribution in [0.5, 0.6) is 5.75 Å². The summed E-state index contributed by atoms with van der Waals surface area (Å²) in [6.07, 6.45) is 9.28. The summed E-state index contributed by atoms with van der Waals surface area (Å²) >= 11 is 0. The molecule has 2 aliphatic rings. The molecule has 2 saturated heterocycles. The minimum Gasteiger partial charge on any atom is -0.490 e. The molecule has 0 N–H and O–H groups in total. The van der Waals surface area contributed by atoms with E-state index in [4.69, 9.17) is 4.74 Å². The largest absolute Gasteiger partial charge is 0.490 e. The van der Waals surface area contributed by atoms with E-state index in [1.54, 1.807) is 0 Å². The first kappa shape index (κ1) is 19.9. The highest BCUT2D eigenvalue weighted by Gasteiger charge is 2.25. The lowest BCUT2D eigenvalue weighted by Gasteiger charge is -2.36. The molecule has 0 radical (unpaired) electrons. The van der Waals surface area contributed by atoms with E-state index >= 15 is 0 Å². The number of nitrogens with zero attached hydrogens (tertiary/aromatic N) is 3. The molecule has 2 fully saturated rings. The van der Waals surface area contributed by atoms with E-state index in [0.717, 1.165) is 69.6 Å². The Bertz CT molecular complexity index is 797. The number of rotatable bonds is 6. The zero-order chi connectivity index (χ0) is 20.1. The summed E-state index contributed by atoms with van der Waals surface area (Å²) in [5.74, 6) is 0.948. The monoisotopic (exact) mass is 393 g/mol. The highest BCUT2D eigenvalue weighted by molar-refractivity contribution is 5.94. The molecule has 2 aliphatic heterocycles. The van der Waals surface area contributed by atoms with Crippen LogP contribution in [-0.4, -0.2) is 59.0 Å². The van der Waals surface area contributed by atoms with Gasteiger partial charge in [0.25, 0.3) is 5.91 Å². The van der Waals surface area contributed by atoms with Crippen molar-refractivity contribution in [2.45, 2.75) is 51.2 Å². The third kappa shape index (κ3) is 5.15. The second-order valence-corrected chi connectivity index (χ2v) is 8.29. The zero-order valence-corrected chi connectivity index (χ0v) is 17.3. The Balaban J connectivity index is 1.28. The third-order valence-corrected chi connectivity index (χ3v) is 6.13. The minimum absolute atomic E-state index is 0.131. The smallest absolute Gasteiger partial charge is 0.253 e. The number of hydrogen-bond acceptors (Lipinski definition) is 4.